The molecule has 1 aliphatic rings. The number of rotatable bonds is 8. The summed E-state index contributed by atoms with van der Waals surface area (Å²) in [6, 6.07) is 10.3. The average Bonchev–Trinajstić information content (AvgIpc) is 2.86. The minimum atomic E-state index is -1.40. The molecule has 0 spiro atoms. The van der Waals surface area contributed by atoms with E-state index in [0.717, 1.165) is 5.56 Å². The minimum absolute atomic E-state index is 0.0560. The number of nitro groups is 1. The number of aliphatic imine (C=N–C) groups is 1. The number of nitriles is 1. The van der Waals surface area contributed by atoms with Gasteiger partial charge < -0.3 is 29.4 Å². The van der Waals surface area contributed by atoms with Gasteiger partial charge in [0.05, 0.1) is 24.6 Å². The molecular formula is C23H27N5O7. The summed E-state index contributed by atoms with van der Waals surface area (Å²) in [5.41, 5.74) is -0.433. The van der Waals surface area contributed by atoms with Gasteiger partial charge >= 0.3 is 0 Å². The third-order valence-corrected chi connectivity index (χ3v) is 5.71. The number of non-ortho nitro benzene ring substituents is 1. The lowest BCUT2D eigenvalue weighted by atomic mass is 9.84. The second kappa shape index (κ2) is 11.0. The van der Waals surface area contributed by atoms with E-state index >= 15 is 0 Å². The van der Waals surface area contributed by atoms with Crippen molar-refractivity contribution in [2.75, 3.05) is 21.3 Å². The molecule has 3 atom stereocenters. The topological polar surface area (TPSA) is 160 Å². The van der Waals surface area contributed by atoms with E-state index in [4.69, 9.17) is 18.9 Å². The first-order valence-corrected chi connectivity index (χ1v) is 10.6. The molecule has 2 aromatic rings. The van der Waals surface area contributed by atoms with Crippen LogP contribution in [0.25, 0.3) is 0 Å². The number of nitrogens with zero attached hydrogens (tertiary/aromatic N) is 3. The molecule has 0 aromatic heterocycles. The molecule has 0 amide bonds. The van der Waals surface area contributed by atoms with Gasteiger partial charge in [-0.05, 0) is 30.7 Å². The first-order valence-electron chi connectivity index (χ1n) is 10.6. The summed E-state index contributed by atoms with van der Waals surface area (Å²) in [6.45, 7) is 1.80. The van der Waals surface area contributed by atoms with Gasteiger partial charge in [-0.25, -0.2) is 4.99 Å². The minimum Gasteiger partial charge on any atom is -0.497 e. The zero-order chi connectivity index (χ0) is 25.6. The molecule has 12 nitrogen and oxygen atoms in total. The van der Waals surface area contributed by atoms with Gasteiger partial charge in [0.1, 0.15) is 17.6 Å². The van der Waals surface area contributed by atoms with Crippen LogP contribution in [0.4, 0.5) is 5.69 Å². The molecule has 3 N–H and O–H groups in total. The first-order chi connectivity index (χ1) is 16.8. The molecule has 3 unspecified atom stereocenters. The van der Waals surface area contributed by atoms with Crippen LogP contribution in [-0.2, 0) is 16.0 Å². The summed E-state index contributed by atoms with van der Waals surface area (Å²) in [7, 11) is 4.38. The normalized spacial score (nSPS) is 21.5. The van der Waals surface area contributed by atoms with E-state index in [-0.39, 0.29) is 23.9 Å². The van der Waals surface area contributed by atoms with E-state index in [1.54, 1.807) is 26.2 Å². The maximum Gasteiger partial charge on any atom is 0.270 e. The predicted molar refractivity (Wildman–Crippen MR) is 125 cm³/mol. The number of aliphatic hydroxyl groups is 1. The highest BCUT2D eigenvalue weighted by molar-refractivity contribution is 5.82. The van der Waals surface area contributed by atoms with Gasteiger partial charge in [0.15, 0.2) is 18.1 Å². The lowest BCUT2D eigenvalue weighted by Crippen LogP contribution is -2.62. The van der Waals surface area contributed by atoms with Crippen LogP contribution in [0.2, 0.25) is 0 Å². The van der Waals surface area contributed by atoms with Crippen molar-refractivity contribution >= 4 is 11.6 Å². The van der Waals surface area contributed by atoms with Crippen LogP contribution in [0.5, 0.6) is 11.5 Å². The van der Waals surface area contributed by atoms with E-state index in [9.17, 15) is 20.5 Å². The number of methoxy groups -OCH3 is 3. The Morgan fingerprint density at radius 3 is 2.54 bits per heavy atom. The molecule has 1 aliphatic heterocycles. The lowest BCUT2D eigenvalue weighted by molar-refractivity contribution is -0.385. The smallest absolute Gasteiger partial charge is 0.270 e. The molecule has 0 fully saturated rings. The number of nitrogens with one attached hydrogen (secondary N) is 2. The Kier molecular flexibility index (Phi) is 8.08. The number of benzene rings is 2. The number of hydrogen-bond donors (Lipinski definition) is 3. The summed E-state index contributed by atoms with van der Waals surface area (Å²) in [6.07, 6.45) is -0.491. The number of nitro benzene ring substituents is 1. The highest BCUT2D eigenvalue weighted by Crippen LogP contribution is 2.43. The summed E-state index contributed by atoms with van der Waals surface area (Å²) in [4.78, 5) is 15.3. The van der Waals surface area contributed by atoms with Crippen LogP contribution in [0.3, 0.4) is 0 Å². The fraction of sp³-hybridized carbons (Fsp3) is 0.391. The summed E-state index contributed by atoms with van der Waals surface area (Å²) >= 11 is 0. The summed E-state index contributed by atoms with van der Waals surface area (Å²) in [5, 5.41) is 37.5. The Bertz CT molecular complexity index is 1110. The van der Waals surface area contributed by atoms with Crippen LogP contribution < -0.4 is 20.1 Å². The number of fused-ring (bicyclic) bond motifs is 1. The Labute approximate surface area is 202 Å². The largest absolute Gasteiger partial charge is 0.497 e. The summed E-state index contributed by atoms with van der Waals surface area (Å²) < 4.78 is 21.9. The van der Waals surface area contributed by atoms with E-state index in [0.29, 0.717) is 11.3 Å². The maximum absolute atomic E-state index is 11.4. The lowest BCUT2D eigenvalue weighted by Gasteiger charge is -2.46. The van der Waals surface area contributed by atoms with E-state index < -0.39 is 29.0 Å². The number of ether oxygens (including phenoxy) is 4. The Morgan fingerprint density at radius 1 is 1.29 bits per heavy atom. The third-order valence-electron chi connectivity index (χ3n) is 5.71. The van der Waals surface area contributed by atoms with Crippen LogP contribution in [-0.4, -0.2) is 55.3 Å². The average molecular weight is 485 g/mol. The molecule has 3 rings (SSSR count). The first kappa shape index (κ1) is 25.7. The van der Waals surface area contributed by atoms with Gasteiger partial charge in [-0.2, -0.15) is 5.26 Å². The number of guanidine groups is 1. The standard InChI is InChI=1S/C23H27N5O7/c1-23(21(33-3)34-4)20(29)19(17-11-15(28(30)31)7-10-18(17)35-23)27-22(26-13-24)25-12-14-5-8-16(32-2)9-6-14/h5-11,19-21,29H,12H2,1-4H3,(H2,25,26,27). The molecule has 186 valence electrons. The van der Waals surface area contributed by atoms with Crippen LogP contribution >= 0.6 is 0 Å². The van der Waals surface area contributed by atoms with E-state index in [2.05, 4.69) is 15.6 Å². The second-order valence-electron chi connectivity index (χ2n) is 7.89. The molecule has 1 heterocycles. The Balaban J connectivity index is 2.00. The fourth-order valence-electron chi connectivity index (χ4n) is 3.91. The van der Waals surface area contributed by atoms with Crippen LogP contribution in [0.1, 0.15) is 24.1 Å². The van der Waals surface area contributed by atoms with Crippen molar-refractivity contribution in [1.29, 1.82) is 5.26 Å². The molecule has 0 radical (unpaired) electrons. The van der Waals surface area contributed by atoms with Gasteiger partial charge in [0.2, 0.25) is 5.96 Å². The van der Waals surface area contributed by atoms with Crippen LogP contribution in [0, 0.1) is 21.6 Å². The fourth-order valence-corrected chi connectivity index (χ4v) is 3.91. The zero-order valence-electron chi connectivity index (χ0n) is 19.7. The molecule has 0 saturated heterocycles. The monoisotopic (exact) mass is 485 g/mol. The van der Waals surface area contributed by atoms with Gasteiger partial charge in [0.25, 0.3) is 5.69 Å². The number of hydrogen-bond acceptors (Lipinski definition) is 9. The molecule has 12 heteroatoms. The molecule has 35 heavy (non-hydrogen) atoms. The molecule has 0 saturated carbocycles. The quantitative estimate of drug-likeness (QED) is 0.0959. The molecule has 0 aliphatic carbocycles. The van der Waals surface area contributed by atoms with Crippen molar-refractivity contribution < 1.29 is 29.0 Å². The highest BCUT2D eigenvalue weighted by Gasteiger charge is 2.52. The van der Waals surface area contributed by atoms with E-state index in [1.807, 2.05) is 18.3 Å². The van der Waals surface area contributed by atoms with Crippen molar-refractivity contribution in [3.63, 3.8) is 0 Å². The Morgan fingerprint density at radius 2 is 1.97 bits per heavy atom. The van der Waals surface area contributed by atoms with Crippen molar-refractivity contribution in [2.45, 2.75) is 37.5 Å². The van der Waals surface area contributed by atoms with Gasteiger partial charge in [-0.1, -0.05) is 12.1 Å². The van der Waals surface area contributed by atoms with Crippen molar-refractivity contribution in [2.24, 2.45) is 4.99 Å². The van der Waals surface area contributed by atoms with E-state index in [1.165, 1.54) is 32.4 Å². The molecule has 2 aromatic carbocycles. The SMILES string of the molecule is COc1ccc(CN=C(NC#N)NC2c3cc([N+](=O)[O-])ccc3OC(C)(C(OC)OC)C2O)cc1. The van der Waals surface area contributed by atoms with Gasteiger partial charge in [0, 0.05) is 31.9 Å². The second-order valence-corrected chi connectivity index (χ2v) is 7.89. The zero-order valence-corrected chi connectivity index (χ0v) is 19.7. The highest BCUT2D eigenvalue weighted by atomic mass is 16.7. The van der Waals surface area contributed by atoms with Crippen molar-refractivity contribution in [3.8, 4) is 17.7 Å². The predicted octanol–water partition coefficient (Wildman–Crippen LogP) is 1.99. The summed E-state index contributed by atoms with van der Waals surface area (Å²) in [5.74, 6) is 1.03. The third kappa shape index (κ3) is 5.43. The van der Waals surface area contributed by atoms with Crippen molar-refractivity contribution in [3.05, 3.63) is 63.7 Å². The number of aliphatic hydroxyl groups excluding tert-OH is 1. The molecule has 0 bridgehead atoms. The Hall–Kier alpha value is -3.92. The van der Waals surface area contributed by atoms with Gasteiger partial charge in [-0.15, -0.1) is 0 Å². The van der Waals surface area contributed by atoms with Crippen molar-refractivity contribution in [1.82, 2.24) is 10.6 Å². The van der Waals surface area contributed by atoms with Gasteiger partial charge in [-0.3, -0.25) is 15.4 Å². The maximum atomic E-state index is 11.4. The molecular weight excluding hydrogens is 458 g/mol. The van der Waals surface area contributed by atoms with Crippen LogP contribution in [0.15, 0.2) is 47.5 Å².